The minimum absolute atomic E-state index is 0.0378. The monoisotopic (exact) mass is 472 g/mol. The molecular formula is C28H25ClN2O3. The number of benzene rings is 3. The van der Waals surface area contributed by atoms with Crippen LogP contribution in [0.2, 0.25) is 5.02 Å². The zero-order chi connectivity index (χ0) is 24.4. The van der Waals surface area contributed by atoms with Crippen LogP contribution in [-0.4, -0.2) is 16.3 Å². The highest BCUT2D eigenvalue weighted by molar-refractivity contribution is 6.31. The van der Waals surface area contributed by atoms with Gasteiger partial charge in [0.1, 0.15) is 6.54 Å². The van der Waals surface area contributed by atoms with Crippen molar-refractivity contribution in [1.82, 2.24) is 4.57 Å². The Hall–Kier alpha value is -3.70. The maximum Gasteiger partial charge on any atom is 0.244 e. The van der Waals surface area contributed by atoms with Gasteiger partial charge in [-0.05, 0) is 55.7 Å². The van der Waals surface area contributed by atoms with E-state index < -0.39 is 0 Å². The van der Waals surface area contributed by atoms with E-state index in [-0.39, 0.29) is 29.2 Å². The predicted octanol–water partition coefficient (Wildman–Crippen LogP) is 5.70. The van der Waals surface area contributed by atoms with Gasteiger partial charge in [0.25, 0.3) is 0 Å². The first-order chi connectivity index (χ1) is 16.3. The van der Waals surface area contributed by atoms with Crippen molar-refractivity contribution in [2.45, 2.75) is 33.7 Å². The van der Waals surface area contributed by atoms with E-state index in [1.54, 1.807) is 34.9 Å². The number of ketones is 1. The summed E-state index contributed by atoms with van der Waals surface area (Å²) in [6.45, 7) is 5.75. The SMILES string of the molecule is CCc1ccc2c(c1)c(=O)c(C(=O)c1ccc(C)cc1)cn2CC(=O)Nc1ccc(C)c(Cl)c1. The summed E-state index contributed by atoms with van der Waals surface area (Å²) in [5, 5.41) is 3.82. The van der Waals surface area contributed by atoms with Crippen LogP contribution in [0.4, 0.5) is 5.69 Å². The maximum atomic E-state index is 13.3. The molecule has 5 nitrogen and oxygen atoms in total. The number of pyridine rings is 1. The molecule has 0 aliphatic rings. The first-order valence-electron chi connectivity index (χ1n) is 11.1. The molecule has 0 saturated heterocycles. The van der Waals surface area contributed by atoms with Crippen LogP contribution >= 0.6 is 11.6 Å². The summed E-state index contributed by atoms with van der Waals surface area (Å²) >= 11 is 6.18. The van der Waals surface area contributed by atoms with Crippen molar-refractivity contribution in [2.75, 3.05) is 5.32 Å². The number of carbonyl (C=O) groups is 2. The van der Waals surface area contributed by atoms with E-state index in [1.807, 2.05) is 51.1 Å². The van der Waals surface area contributed by atoms with Crippen molar-refractivity contribution in [3.8, 4) is 0 Å². The molecule has 1 amide bonds. The quantitative estimate of drug-likeness (QED) is 0.366. The van der Waals surface area contributed by atoms with E-state index in [0.29, 0.717) is 27.2 Å². The lowest BCUT2D eigenvalue weighted by Crippen LogP contribution is -2.24. The Morgan fingerprint density at radius 3 is 2.38 bits per heavy atom. The summed E-state index contributed by atoms with van der Waals surface area (Å²) in [5.41, 5.74) is 4.22. The molecule has 0 atom stereocenters. The van der Waals surface area contributed by atoms with E-state index in [2.05, 4.69) is 5.32 Å². The zero-order valence-corrected chi connectivity index (χ0v) is 20.1. The normalized spacial score (nSPS) is 10.9. The summed E-state index contributed by atoms with van der Waals surface area (Å²) < 4.78 is 1.66. The number of carbonyl (C=O) groups excluding carboxylic acids is 2. The van der Waals surface area contributed by atoms with Crippen molar-refractivity contribution in [2.24, 2.45) is 0 Å². The predicted molar refractivity (Wildman–Crippen MR) is 137 cm³/mol. The molecule has 0 fully saturated rings. The van der Waals surface area contributed by atoms with Gasteiger partial charge in [-0.1, -0.05) is 60.5 Å². The third-order valence-electron chi connectivity index (χ3n) is 5.88. The molecule has 1 N–H and O–H groups in total. The lowest BCUT2D eigenvalue weighted by atomic mass is 10.00. The fourth-order valence-corrected chi connectivity index (χ4v) is 4.02. The van der Waals surface area contributed by atoms with Crippen LogP contribution in [0.3, 0.4) is 0 Å². The molecule has 0 spiro atoms. The fraction of sp³-hybridized carbons (Fsp3) is 0.179. The molecule has 3 aromatic carbocycles. The standard InChI is InChI=1S/C28H25ClN2O3/c1-4-19-8-12-25-22(13-19)28(34)23(27(33)20-9-5-17(2)6-10-20)15-31(25)16-26(32)30-21-11-7-18(3)24(29)14-21/h5-15H,4,16H2,1-3H3,(H,30,32). The summed E-state index contributed by atoms with van der Waals surface area (Å²) in [7, 11) is 0. The van der Waals surface area contributed by atoms with E-state index >= 15 is 0 Å². The van der Waals surface area contributed by atoms with Gasteiger partial charge in [0.2, 0.25) is 11.3 Å². The molecule has 4 aromatic rings. The average Bonchev–Trinajstić information content (AvgIpc) is 2.83. The van der Waals surface area contributed by atoms with Gasteiger partial charge in [-0.2, -0.15) is 0 Å². The Balaban J connectivity index is 1.76. The van der Waals surface area contributed by atoms with Crippen molar-refractivity contribution >= 4 is 39.9 Å². The van der Waals surface area contributed by atoms with Crippen molar-refractivity contribution in [3.05, 3.63) is 110 Å². The van der Waals surface area contributed by atoms with Gasteiger partial charge in [0.15, 0.2) is 5.78 Å². The van der Waals surface area contributed by atoms with Crippen LogP contribution in [-0.2, 0) is 17.8 Å². The molecule has 0 bridgehead atoms. The second-order valence-corrected chi connectivity index (χ2v) is 8.82. The minimum Gasteiger partial charge on any atom is -0.337 e. The number of amides is 1. The highest BCUT2D eigenvalue weighted by Crippen LogP contribution is 2.21. The number of anilines is 1. The van der Waals surface area contributed by atoms with Crippen molar-refractivity contribution < 1.29 is 9.59 Å². The van der Waals surface area contributed by atoms with Gasteiger partial charge in [-0.3, -0.25) is 14.4 Å². The van der Waals surface area contributed by atoms with Crippen molar-refractivity contribution in [1.29, 1.82) is 0 Å². The molecule has 0 radical (unpaired) electrons. The van der Waals surface area contributed by atoms with Gasteiger partial charge in [0, 0.05) is 27.9 Å². The third-order valence-corrected chi connectivity index (χ3v) is 6.29. The van der Waals surface area contributed by atoms with Gasteiger partial charge >= 0.3 is 0 Å². The molecule has 6 heteroatoms. The van der Waals surface area contributed by atoms with Crippen LogP contribution in [0.5, 0.6) is 0 Å². The molecule has 0 saturated carbocycles. The summed E-state index contributed by atoms with van der Waals surface area (Å²) in [6.07, 6.45) is 2.24. The molecule has 0 unspecified atom stereocenters. The molecule has 4 rings (SSSR count). The largest absolute Gasteiger partial charge is 0.337 e. The van der Waals surface area contributed by atoms with Crippen molar-refractivity contribution in [3.63, 3.8) is 0 Å². The number of nitrogens with zero attached hydrogens (tertiary/aromatic N) is 1. The number of rotatable bonds is 6. The number of nitrogens with one attached hydrogen (secondary N) is 1. The zero-order valence-electron chi connectivity index (χ0n) is 19.3. The lowest BCUT2D eigenvalue weighted by Gasteiger charge is -2.14. The number of aryl methyl sites for hydroxylation is 3. The third kappa shape index (κ3) is 4.80. The van der Waals surface area contributed by atoms with Crippen LogP contribution < -0.4 is 10.7 Å². The first kappa shape index (κ1) is 23.5. The summed E-state index contributed by atoms with van der Waals surface area (Å²) in [4.78, 5) is 39.5. The van der Waals surface area contributed by atoms with E-state index in [1.165, 1.54) is 6.20 Å². The highest BCUT2D eigenvalue weighted by Gasteiger charge is 2.18. The molecular weight excluding hydrogens is 448 g/mol. The Morgan fingerprint density at radius 1 is 0.971 bits per heavy atom. The van der Waals surface area contributed by atoms with E-state index in [9.17, 15) is 14.4 Å². The van der Waals surface area contributed by atoms with Crippen LogP contribution in [0.25, 0.3) is 10.9 Å². The van der Waals surface area contributed by atoms with E-state index in [4.69, 9.17) is 11.6 Å². The number of fused-ring (bicyclic) bond motifs is 1. The topological polar surface area (TPSA) is 68.2 Å². The smallest absolute Gasteiger partial charge is 0.244 e. The van der Waals surface area contributed by atoms with Crippen LogP contribution in [0.15, 0.2) is 71.7 Å². The lowest BCUT2D eigenvalue weighted by molar-refractivity contribution is -0.116. The van der Waals surface area contributed by atoms with Crippen LogP contribution in [0, 0.1) is 13.8 Å². The molecule has 34 heavy (non-hydrogen) atoms. The molecule has 1 heterocycles. The van der Waals surface area contributed by atoms with Gasteiger partial charge in [0.05, 0.1) is 11.1 Å². The Labute approximate surface area is 203 Å². The summed E-state index contributed by atoms with van der Waals surface area (Å²) in [6, 6.07) is 18.0. The van der Waals surface area contributed by atoms with Gasteiger partial charge in [-0.25, -0.2) is 0 Å². The Kier molecular flexibility index (Phi) is 6.66. The Morgan fingerprint density at radius 2 is 1.71 bits per heavy atom. The number of hydrogen-bond acceptors (Lipinski definition) is 3. The minimum atomic E-state index is -0.367. The summed E-state index contributed by atoms with van der Waals surface area (Å²) in [5.74, 6) is -0.661. The molecule has 0 aliphatic carbocycles. The number of aromatic nitrogens is 1. The number of hydrogen-bond donors (Lipinski definition) is 1. The van der Waals surface area contributed by atoms with Gasteiger partial charge < -0.3 is 9.88 Å². The second-order valence-electron chi connectivity index (χ2n) is 8.41. The van der Waals surface area contributed by atoms with Crippen LogP contribution in [0.1, 0.15) is 39.5 Å². The second kappa shape index (κ2) is 9.65. The highest BCUT2D eigenvalue weighted by atomic mass is 35.5. The Bertz CT molecular complexity index is 1470. The molecule has 1 aromatic heterocycles. The average molecular weight is 473 g/mol. The maximum absolute atomic E-state index is 13.3. The van der Waals surface area contributed by atoms with Gasteiger partial charge in [-0.15, -0.1) is 0 Å². The van der Waals surface area contributed by atoms with E-state index in [0.717, 1.165) is 23.1 Å². The first-order valence-corrected chi connectivity index (χ1v) is 11.5. The number of halogens is 1. The fourth-order valence-electron chi connectivity index (χ4n) is 3.84. The molecule has 172 valence electrons. The molecule has 0 aliphatic heterocycles.